The molecule has 1 N–H and O–H groups in total. The van der Waals surface area contributed by atoms with Crippen LogP contribution in [0.25, 0.3) is 0 Å². The van der Waals surface area contributed by atoms with Gasteiger partial charge in [-0.15, -0.1) is 0 Å². The van der Waals surface area contributed by atoms with E-state index in [2.05, 4.69) is 13.8 Å². The molecule has 25 heavy (non-hydrogen) atoms. The highest BCUT2D eigenvalue weighted by atomic mass is 32.2. The van der Waals surface area contributed by atoms with Crippen molar-refractivity contribution in [2.75, 3.05) is 6.61 Å². The molecule has 146 valence electrons. The van der Waals surface area contributed by atoms with Crippen LogP contribution in [0, 0.1) is 5.92 Å². The molecule has 0 bridgehead atoms. The van der Waals surface area contributed by atoms with Crippen LogP contribution in [-0.4, -0.2) is 36.9 Å². The number of hydrogen-bond donors (Lipinski definition) is 1. The Morgan fingerprint density at radius 2 is 1.84 bits per heavy atom. The molecule has 0 aromatic carbocycles. The number of hydrogen-bond acceptors (Lipinski definition) is 5. The van der Waals surface area contributed by atoms with Gasteiger partial charge in [-0.25, -0.2) is 4.79 Å². The molecule has 0 saturated carbocycles. The molecule has 1 aliphatic rings. The van der Waals surface area contributed by atoms with Gasteiger partial charge in [-0.3, -0.25) is 4.55 Å². The van der Waals surface area contributed by atoms with E-state index < -0.39 is 27.4 Å². The van der Waals surface area contributed by atoms with Gasteiger partial charge in [0, 0.05) is 0 Å². The molecule has 0 radical (unpaired) electrons. The summed E-state index contributed by atoms with van der Waals surface area (Å²) in [4.78, 5) is 12.1. The highest BCUT2D eigenvalue weighted by molar-refractivity contribution is 7.86. The van der Waals surface area contributed by atoms with Crippen LogP contribution in [0.4, 0.5) is 0 Å². The standard InChI is InChI=1S/C18H32O6S/c1-4-6-8-9-11-15(10-7-5-2)13-23-18(19)16-12-17(14(3)24-16)25(20,21)22/h12,14-15,17H,4-11,13H2,1-3H3,(H,20,21,22). The minimum absolute atomic E-state index is 0.129. The van der Waals surface area contributed by atoms with Crippen LogP contribution in [0.3, 0.4) is 0 Å². The zero-order valence-electron chi connectivity index (χ0n) is 15.6. The lowest BCUT2D eigenvalue weighted by molar-refractivity contribution is -0.144. The number of rotatable bonds is 12. The summed E-state index contributed by atoms with van der Waals surface area (Å²) in [7, 11) is -4.29. The van der Waals surface area contributed by atoms with E-state index in [0.29, 0.717) is 12.5 Å². The third kappa shape index (κ3) is 7.77. The molecule has 0 aromatic rings. The van der Waals surface area contributed by atoms with Crippen LogP contribution in [0.1, 0.15) is 72.1 Å². The largest absolute Gasteiger partial charge is 0.482 e. The van der Waals surface area contributed by atoms with Gasteiger partial charge in [-0.05, 0) is 31.8 Å². The van der Waals surface area contributed by atoms with Crippen molar-refractivity contribution in [2.24, 2.45) is 5.92 Å². The van der Waals surface area contributed by atoms with Crippen molar-refractivity contribution < 1.29 is 27.2 Å². The van der Waals surface area contributed by atoms with Gasteiger partial charge in [0.25, 0.3) is 10.1 Å². The monoisotopic (exact) mass is 376 g/mol. The number of ether oxygens (including phenoxy) is 2. The third-order valence-electron chi connectivity index (χ3n) is 4.52. The molecule has 3 atom stereocenters. The van der Waals surface area contributed by atoms with Gasteiger partial charge in [-0.2, -0.15) is 8.42 Å². The van der Waals surface area contributed by atoms with Crippen molar-refractivity contribution in [3.63, 3.8) is 0 Å². The minimum Gasteiger partial charge on any atom is -0.482 e. The molecular weight excluding hydrogens is 344 g/mol. The van der Waals surface area contributed by atoms with E-state index in [9.17, 15) is 13.2 Å². The molecule has 1 aliphatic heterocycles. The fourth-order valence-electron chi connectivity index (χ4n) is 2.96. The molecule has 3 unspecified atom stereocenters. The average molecular weight is 377 g/mol. The van der Waals surface area contributed by atoms with Gasteiger partial charge in [0.1, 0.15) is 11.4 Å². The molecule has 0 amide bonds. The fraction of sp³-hybridized carbons (Fsp3) is 0.833. The quantitative estimate of drug-likeness (QED) is 0.316. The van der Waals surface area contributed by atoms with E-state index in [1.807, 2.05) is 0 Å². The predicted octanol–water partition coefficient (Wildman–Crippen LogP) is 3.87. The molecule has 0 aromatic heterocycles. The lowest BCUT2D eigenvalue weighted by atomic mass is 9.96. The number of carbonyl (C=O) groups is 1. The van der Waals surface area contributed by atoms with Crippen LogP contribution < -0.4 is 0 Å². The maximum atomic E-state index is 12.1. The Bertz CT molecular complexity index is 540. The Morgan fingerprint density at radius 3 is 2.40 bits per heavy atom. The normalized spacial score (nSPS) is 21.5. The molecule has 6 nitrogen and oxygen atoms in total. The molecular formula is C18H32O6S. The van der Waals surface area contributed by atoms with Gasteiger partial charge < -0.3 is 9.47 Å². The fourth-order valence-corrected chi connectivity index (χ4v) is 3.80. The van der Waals surface area contributed by atoms with E-state index in [1.54, 1.807) is 0 Å². The van der Waals surface area contributed by atoms with Gasteiger partial charge in [0.2, 0.25) is 5.76 Å². The Balaban J connectivity index is 2.53. The van der Waals surface area contributed by atoms with Gasteiger partial charge in [0.05, 0.1) is 6.61 Å². The van der Waals surface area contributed by atoms with Crippen LogP contribution in [-0.2, 0) is 24.4 Å². The summed E-state index contributed by atoms with van der Waals surface area (Å²) in [5.41, 5.74) is 0. The molecule has 0 fully saturated rings. The first kappa shape index (κ1) is 22.0. The summed E-state index contributed by atoms with van der Waals surface area (Å²) in [5.74, 6) is -0.471. The van der Waals surface area contributed by atoms with E-state index in [4.69, 9.17) is 14.0 Å². The van der Waals surface area contributed by atoms with E-state index >= 15 is 0 Å². The molecule has 1 heterocycles. The molecule has 0 aliphatic carbocycles. The molecule has 7 heteroatoms. The SMILES string of the molecule is CCCCCCC(CCCC)COC(=O)C1=CC(S(=O)(=O)O)C(C)O1. The second kappa shape index (κ2) is 10.8. The van der Waals surface area contributed by atoms with Crippen molar-refractivity contribution in [3.8, 4) is 0 Å². The van der Waals surface area contributed by atoms with Crippen LogP contribution >= 0.6 is 0 Å². The summed E-state index contributed by atoms with van der Waals surface area (Å²) in [6.07, 6.45) is 9.28. The number of unbranched alkanes of at least 4 members (excludes halogenated alkanes) is 4. The maximum absolute atomic E-state index is 12.1. The van der Waals surface area contributed by atoms with Crippen molar-refractivity contribution in [3.05, 3.63) is 11.8 Å². The Kier molecular flexibility index (Phi) is 9.50. The van der Waals surface area contributed by atoms with E-state index in [1.165, 1.54) is 26.2 Å². The topological polar surface area (TPSA) is 89.9 Å². The zero-order chi connectivity index (χ0) is 18.9. The second-order valence-electron chi connectivity index (χ2n) is 6.79. The van der Waals surface area contributed by atoms with Crippen LogP contribution in [0.5, 0.6) is 0 Å². The van der Waals surface area contributed by atoms with Crippen LogP contribution in [0.15, 0.2) is 11.8 Å². The third-order valence-corrected chi connectivity index (χ3v) is 5.73. The van der Waals surface area contributed by atoms with E-state index in [-0.39, 0.29) is 5.76 Å². The second-order valence-corrected chi connectivity index (χ2v) is 8.36. The number of carbonyl (C=O) groups excluding carboxylic acids is 1. The smallest absolute Gasteiger partial charge is 0.373 e. The summed E-state index contributed by atoms with van der Waals surface area (Å²) in [5, 5.41) is -1.22. The first-order valence-corrected chi connectivity index (χ1v) is 10.8. The Hall–Kier alpha value is -1.08. The molecule has 0 saturated heterocycles. The van der Waals surface area contributed by atoms with Crippen LogP contribution in [0.2, 0.25) is 0 Å². The van der Waals surface area contributed by atoms with Crippen molar-refractivity contribution in [1.82, 2.24) is 0 Å². The highest BCUT2D eigenvalue weighted by Crippen LogP contribution is 2.24. The maximum Gasteiger partial charge on any atom is 0.373 e. The lowest BCUT2D eigenvalue weighted by Crippen LogP contribution is -2.27. The van der Waals surface area contributed by atoms with Crippen molar-refractivity contribution >= 4 is 16.1 Å². The predicted molar refractivity (Wildman–Crippen MR) is 96.7 cm³/mol. The lowest BCUT2D eigenvalue weighted by Gasteiger charge is -2.17. The minimum atomic E-state index is -4.29. The molecule has 1 rings (SSSR count). The summed E-state index contributed by atoms with van der Waals surface area (Å²) in [6.45, 7) is 6.12. The summed E-state index contributed by atoms with van der Waals surface area (Å²) in [6, 6.07) is 0. The van der Waals surface area contributed by atoms with Gasteiger partial charge >= 0.3 is 5.97 Å². The van der Waals surface area contributed by atoms with Crippen molar-refractivity contribution in [2.45, 2.75) is 83.5 Å². The number of esters is 1. The first-order chi connectivity index (χ1) is 11.8. The first-order valence-electron chi connectivity index (χ1n) is 9.31. The van der Waals surface area contributed by atoms with Gasteiger partial charge in [0.15, 0.2) is 0 Å². The Morgan fingerprint density at radius 1 is 1.20 bits per heavy atom. The van der Waals surface area contributed by atoms with E-state index in [0.717, 1.165) is 38.2 Å². The summed E-state index contributed by atoms with van der Waals surface area (Å²) >= 11 is 0. The van der Waals surface area contributed by atoms with Crippen molar-refractivity contribution in [1.29, 1.82) is 0 Å². The zero-order valence-corrected chi connectivity index (χ0v) is 16.4. The van der Waals surface area contributed by atoms with Gasteiger partial charge in [-0.1, -0.05) is 52.4 Å². The summed E-state index contributed by atoms with van der Waals surface area (Å²) < 4.78 is 42.2. The molecule has 0 spiro atoms. The highest BCUT2D eigenvalue weighted by Gasteiger charge is 2.38. The Labute approximate surface area is 151 Å². The average Bonchev–Trinajstić information content (AvgIpc) is 2.95.